The molecule has 0 saturated carbocycles. The van der Waals surface area contributed by atoms with Gasteiger partial charge in [-0.25, -0.2) is 4.39 Å². The molecule has 2 aromatic carbocycles. The van der Waals surface area contributed by atoms with E-state index in [-0.39, 0.29) is 29.6 Å². The second-order valence-corrected chi connectivity index (χ2v) is 7.10. The van der Waals surface area contributed by atoms with E-state index in [0.29, 0.717) is 0 Å². The highest BCUT2D eigenvalue weighted by Gasteiger charge is 2.37. The Morgan fingerprint density at radius 2 is 2.03 bits per heavy atom. The van der Waals surface area contributed by atoms with Crippen molar-refractivity contribution in [2.24, 2.45) is 5.92 Å². The van der Waals surface area contributed by atoms with Gasteiger partial charge >= 0.3 is 5.97 Å². The zero-order valence-electron chi connectivity index (χ0n) is 15.8. The molecule has 0 unspecified atom stereocenters. The van der Waals surface area contributed by atoms with Crippen molar-refractivity contribution in [3.8, 4) is 0 Å². The maximum absolute atomic E-state index is 13.7. The molecule has 1 aliphatic heterocycles. The molecule has 152 valence electrons. The van der Waals surface area contributed by atoms with Crippen molar-refractivity contribution < 1.29 is 23.5 Å². The largest absolute Gasteiger partial charge is 0.455 e. The lowest BCUT2D eigenvalue weighted by molar-refractivity contribution is -0.151. The number of carbonyl (C=O) groups is 3. The number of nitrogens with zero attached hydrogens (tertiary/aromatic N) is 1. The molecule has 0 bridgehead atoms. The Bertz CT molecular complexity index is 950. The lowest BCUT2D eigenvalue weighted by Gasteiger charge is -2.19. The summed E-state index contributed by atoms with van der Waals surface area (Å²) in [5.74, 6) is -2.84. The third-order valence-electron chi connectivity index (χ3n) is 4.67. The second-order valence-electron chi connectivity index (χ2n) is 6.67. The van der Waals surface area contributed by atoms with Gasteiger partial charge in [-0.2, -0.15) is 0 Å². The summed E-state index contributed by atoms with van der Waals surface area (Å²) in [6, 6.07) is 11.3. The number of anilines is 2. The average molecular weight is 419 g/mol. The topological polar surface area (TPSA) is 75.7 Å². The minimum Gasteiger partial charge on any atom is -0.455 e. The molecule has 1 aliphatic rings. The number of aryl methyl sites for hydroxylation is 1. The molecular formula is C21H20ClFN2O4. The predicted octanol–water partition coefficient (Wildman–Crippen LogP) is 3.58. The highest BCUT2D eigenvalue weighted by molar-refractivity contribution is 6.30. The van der Waals surface area contributed by atoms with Gasteiger partial charge in [-0.15, -0.1) is 0 Å². The predicted molar refractivity (Wildman–Crippen MR) is 107 cm³/mol. The van der Waals surface area contributed by atoms with E-state index in [4.69, 9.17) is 16.3 Å². The first-order valence-corrected chi connectivity index (χ1v) is 9.56. The molecule has 29 heavy (non-hydrogen) atoms. The molecule has 8 heteroatoms. The summed E-state index contributed by atoms with van der Waals surface area (Å²) in [6.45, 7) is 1.62. The lowest BCUT2D eigenvalue weighted by atomic mass is 10.1. The summed E-state index contributed by atoms with van der Waals surface area (Å²) in [7, 11) is 0. The fourth-order valence-electron chi connectivity index (χ4n) is 3.20. The summed E-state index contributed by atoms with van der Waals surface area (Å²) in [5.41, 5.74) is 1.74. The Balaban J connectivity index is 1.56. The molecule has 6 nitrogen and oxygen atoms in total. The van der Waals surface area contributed by atoms with Crippen LogP contribution in [-0.2, 0) is 25.5 Å². The molecule has 0 aromatic heterocycles. The van der Waals surface area contributed by atoms with E-state index in [0.717, 1.165) is 23.7 Å². The Kier molecular flexibility index (Phi) is 6.49. The normalized spacial score (nSPS) is 16.0. The third-order valence-corrected chi connectivity index (χ3v) is 4.91. The molecule has 2 aromatic rings. The molecular weight excluding hydrogens is 399 g/mol. The maximum Gasteiger partial charge on any atom is 0.311 e. The van der Waals surface area contributed by atoms with Gasteiger partial charge < -0.3 is 15.0 Å². The van der Waals surface area contributed by atoms with Crippen LogP contribution in [0.25, 0.3) is 0 Å². The first-order chi connectivity index (χ1) is 13.9. The van der Waals surface area contributed by atoms with Crippen LogP contribution in [0.1, 0.15) is 18.9 Å². The van der Waals surface area contributed by atoms with Crippen LogP contribution in [0.4, 0.5) is 15.8 Å². The highest BCUT2D eigenvalue weighted by Crippen LogP contribution is 2.29. The van der Waals surface area contributed by atoms with Gasteiger partial charge in [0, 0.05) is 23.7 Å². The summed E-state index contributed by atoms with van der Waals surface area (Å²) in [5, 5.41) is 2.52. The number of halogens is 2. The summed E-state index contributed by atoms with van der Waals surface area (Å²) in [4.78, 5) is 38.2. The molecule has 1 saturated heterocycles. The summed E-state index contributed by atoms with van der Waals surface area (Å²) < 4.78 is 18.7. The SMILES string of the molecule is CCc1ccccc1N1C[C@@H](C(=O)OCC(=O)Nc2ccc(Cl)cc2F)CC1=O. The van der Waals surface area contributed by atoms with Gasteiger partial charge in [-0.3, -0.25) is 14.4 Å². The zero-order chi connectivity index (χ0) is 21.0. The molecule has 1 heterocycles. The van der Waals surface area contributed by atoms with Crippen LogP contribution in [0.15, 0.2) is 42.5 Å². The van der Waals surface area contributed by atoms with Gasteiger partial charge in [0.15, 0.2) is 6.61 Å². The summed E-state index contributed by atoms with van der Waals surface area (Å²) in [6.07, 6.45) is 0.779. The van der Waals surface area contributed by atoms with Crippen LogP contribution in [0.3, 0.4) is 0 Å². The number of para-hydroxylation sites is 1. The fraction of sp³-hybridized carbons (Fsp3) is 0.286. The first kappa shape index (κ1) is 20.8. The lowest BCUT2D eigenvalue weighted by Crippen LogP contribution is -2.28. The number of carbonyl (C=O) groups excluding carboxylic acids is 3. The average Bonchev–Trinajstić information content (AvgIpc) is 3.09. The Morgan fingerprint density at radius 1 is 1.28 bits per heavy atom. The van der Waals surface area contributed by atoms with Gasteiger partial charge in [-0.1, -0.05) is 36.7 Å². The second kappa shape index (κ2) is 9.05. The van der Waals surface area contributed by atoms with Gasteiger partial charge in [0.25, 0.3) is 5.91 Å². The first-order valence-electron chi connectivity index (χ1n) is 9.18. The van der Waals surface area contributed by atoms with Crippen LogP contribution in [0, 0.1) is 11.7 Å². The van der Waals surface area contributed by atoms with Crippen molar-refractivity contribution in [1.29, 1.82) is 0 Å². The van der Waals surface area contributed by atoms with E-state index >= 15 is 0 Å². The van der Waals surface area contributed by atoms with Crippen LogP contribution in [0.2, 0.25) is 5.02 Å². The van der Waals surface area contributed by atoms with Gasteiger partial charge in [-0.05, 0) is 36.2 Å². The van der Waals surface area contributed by atoms with Crippen molar-refractivity contribution >= 4 is 40.8 Å². The van der Waals surface area contributed by atoms with E-state index in [1.807, 2.05) is 31.2 Å². The van der Waals surface area contributed by atoms with Crippen LogP contribution in [-0.4, -0.2) is 30.9 Å². The van der Waals surface area contributed by atoms with Gasteiger partial charge in [0.1, 0.15) is 5.82 Å². The Hall–Kier alpha value is -2.93. The number of ether oxygens (including phenoxy) is 1. The number of esters is 1. The number of benzene rings is 2. The molecule has 3 rings (SSSR count). The quantitative estimate of drug-likeness (QED) is 0.727. The monoisotopic (exact) mass is 418 g/mol. The molecule has 2 amide bonds. The van der Waals surface area contributed by atoms with Crippen molar-refractivity contribution in [2.45, 2.75) is 19.8 Å². The number of hydrogen-bond acceptors (Lipinski definition) is 4. The van der Waals surface area contributed by atoms with E-state index in [2.05, 4.69) is 5.32 Å². The third kappa shape index (κ3) is 4.92. The van der Waals surface area contributed by atoms with Crippen molar-refractivity contribution in [3.63, 3.8) is 0 Å². The van der Waals surface area contributed by atoms with Crippen molar-refractivity contribution in [3.05, 3.63) is 58.9 Å². The van der Waals surface area contributed by atoms with Crippen LogP contribution < -0.4 is 10.2 Å². The smallest absolute Gasteiger partial charge is 0.311 e. The van der Waals surface area contributed by atoms with Crippen LogP contribution >= 0.6 is 11.6 Å². The van der Waals surface area contributed by atoms with Crippen LogP contribution in [0.5, 0.6) is 0 Å². The number of rotatable bonds is 6. The van der Waals surface area contributed by atoms with Crippen molar-refractivity contribution in [1.82, 2.24) is 0 Å². The maximum atomic E-state index is 13.7. The standard InChI is InChI=1S/C21H20ClFN2O4/c1-2-13-5-3-4-6-18(13)25-11-14(9-20(25)27)21(28)29-12-19(26)24-17-8-7-15(22)10-16(17)23/h3-8,10,14H,2,9,11-12H2,1H3,(H,24,26)/t14-/m0/s1. The molecule has 1 N–H and O–H groups in total. The van der Waals surface area contributed by atoms with E-state index in [9.17, 15) is 18.8 Å². The fourth-order valence-corrected chi connectivity index (χ4v) is 3.36. The number of nitrogens with one attached hydrogen (secondary N) is 1. The molecule has 0 radical (unpaired) electrons. The Morgan fingerprint density at radius 3 is 2.76 bits per heavy atom. The van der Waals surface area contributed by atoms with Gasteiger partial charge in [0.2, 0.25) is 5.91 Å². The molecule has 0 spiro atoms. The van der Waals surface area contributed by atoms with Gasteiger partial charge in [0.05, 0.1) is 11.6 Å². The van der Waals surface area contributed by atoms with Crippen molar-refractivity contribution in [2.75, 3.05) is 23.4 Å². The molecule has 0 aliphatic carbocycles. The zero-order valence-corrected chi connectivity index (χ0v) is 16.5. The minimum atomic E-state index is -0.691. The summed E-state index contributed by atoms with van der Waals surface area (Å²) >= 11 is 5.66. The number of hydrogen-bond donors (Lipinski definition) is 1. The van der Waals surface area contributed by atoms with E-state index in [1.165, 1.54) is 12.1 Å². The molecule has 1 fully saturated rings. The minimum absolute atomic E-state index is 0.0182. The number of amides is 2. The molecule has 1 atom stereocenters. The van der Waals surface area contributed by atoms with E-state index in [1.54, 1.807) is 4.90 Å². The Labute approximate surface area is 172 Å². The highest BCUT2D eigenvalue weighted by atomic mass is 35.5. The van der Waals surface area contributed by atoms with E-state index < -0.39 is 30.2 Å².